The van der Waals surface area contributed by atoms with Gasteiger partial charge in [-0.25, -0.2) is 0 Å². The first kappa shape index (κ1) is 12.5. The molecule has 0 aromatic heterocycles. The molecule has 0 bridgehead atoms. The van der Waals surface area contributed by atoms with Crippen molar-refractivity contribution in [2.24, 2.45) is 0 Å². The lowest BCUT2D eigenvalue weighted by Gasteiger charge is -1.97. The summed E-state index contributed by atoms with van der Waals surface area (Å²) < 4.78 is 0. The van der Waals surface area contributed by atoms with Gasteiger partial charge in [0.15, 0.2) is 0 Å². The largest absolute Gasteiger partial charge is 0.0845 e. The summed E-state index contributed by atoms with van der Waals surface area (Å²) in [7, 11) is 0. The third-order valence-electron chi connectivity index (χ3n) is 2.28. The Kier molecular flexibility index (Phi) is 6.82. The molecule has 1 aromatic carbocycles. The van der Waals surface area contributed by atoms with Crippen LogP contribution in [0.3, 0.4) is 0 Å². The molecule has 1 radical (unpaired) electrons. The fourth-order valence-corrected chi connectivity index (χ4v) is 1.45. The Morgan fingerprint density at radius 2 is 1.69 bits per heavy atom. The summed E-state index contributed by atoms with van der Waals surface area (Å²) in [6.45, 7) is 3.61. The molecule has 0 aliphatic rings. The van der Waals surface area contributed by atoms with E-state index in [-0.39, 0.29) is 0 Å². The third-order valence-corrected chi connectivity index (χ3v) is 2.28. The average molecular weight is 211 g/mol. The molecule has 0 spiro atoms. The van der Waals surface area contributed by atoms with Crippen molar-refractivity contribution in [3.63, 3.8) is 0 Å². The minimum atomic E-state index is 1.13. The first-order valence-corrected chi connectivity index (χ1v) is 5.75. The summed E-state index contributed by atoms with van der Waals surface area (Å²) in [5.74, 6) is 0. The molecule has 1 aromatic rings. The number of rotatable bonds is 6. The molecule has 0 unspecified atom stereocenters. The van der Waals surface area contributed by atoms with Gasteiger partial charge in [-0.1, -0.05) is 66.8 Å². The summed E-state index contributed by atoms with van der Waals surface area (Å²) in [5.41, 5.74) is 1.42. The first-order chi connectivity index (χ1) is 7.93. The van der Waals surface area contributed by atoms with Crippen LogP contribution in [0.5, 0.6) is 0 Å². The van der Waals surface area contributed by atoms with Crippen LogP contribution < -0.4 is 0 Å². The van der Waals surface area contributed by atoms with Crippen LogP contribution >= 0.6 is 0 Å². The van der Waals surface area contributed by atoms with Crippen LogP contribution in [0, 0.1) is 6.92 Å². The fraction of sp³-hybridized carbons (Fsp3) is 0.188. The van der Waals surface area contributed by atoms with Gasteiger partial charge in [-0.05, 0) is 31.7 Å². The van der Waals surface area contributed by atoms with Gasteiger partial charge >= 0.3 is 0 Å². The molecule has 0 N–H and O–H groups in total. The molecular formula is C16H19. The monoisotopic (exact) mass is 211 g/mol. The number of benzene rings is 1. The zero-order valence-corrected chi connectivity index (χ0v) is 9.68. The van der Waals surface area contributed by atoms with Gasteiger partial charge in [0.05, 0.1) is 0 Å². The normalized spacial score (nSPS) is 12.1. The summed E-state index contributed by atoms with van der Waals surface area (Å²) in [6, 6.07) is 10.6. The summed E-state index contributed by atoms with van der Waals surface area (Å²) >= 11 is 0. The van der Waals surface area contributed by atoms with E-state index in [2.05, 4.69) is 49.4 Å². The van der Waals surface area contributed by atoms with Gasteiger partial charge in [0.2, 0.25) is 0 Å². The first-order valence-electron chi connectivity index (χ1n) is 5.75. The molecule has 0 aliphatic carbocycles. The zero-order chi connectivity index (χ0) is 11.5. The molecule has 0 fully saturated rings. The molecule has 0 heterocycles. The van der Waals surface area contributed by atoms with Crippen molar-refractivity contribution in [3.8, 4) is 0 Å². The van der Waals surface area contributed by atoms with Crippen LogP contribution in [0.15, 0.2) is 66.8 Å². The van der Waals surface area contributed by atoms with E-state index in [1.165, 1.54) is 12.0 Å². The lowest BCUT2D eigenvalue weighted by Crippen LogP contribution is -1.82. The van der Waals surface area contributed by atoms with Crippen molar-refractivity contribution < 1.29 is 0 Å². The molecule has 0 saturated carbocycles. The highest BCUT2D eigenvalue weighted by Gasteiger charge is 1.88. The maximum atomic E-state index is 3.61. The molecule has 0 amide bonds. The van der Waals surface area contributed by atoms with Crippen LogP contribution in [0.25, 0.3) is 0 Å². The highest BCUT2D eigenvalue weighted by Crippen LogP contribution is 2.04. The Labute approximate surface area is 99.0 Å². The predicted octanol–water partition coefficient (Wildman–Crippen LogP) is 4.51. The summed E-state index contributed by atoms with van der Waals surface area (Å²) in [4.78, 5) is 0. The SMILES string of the molecule is [CH2]C=CC=CC=CCCCc1ccccc1. The van der Waals surface area contributed by atoms with Crippen LogP contribution in [0.1, 0.15) is 18.4 Å². The molecule has 0 heteroatoms. The Morgan fingerprint density at radius 3 is 2.44 bits per heavy atom. The zero-order valence-electron chi connectivity index (χ0n) is 9.68. The standard InChI is InChI=1S/C16H19/c1-2-3-4-5-6-7-8-10-13-16-14-11-9-12-15-16/h2-7,9,11-12,14-15H,1,8,10,13H2. The highest BCUT2D eigenvalue weighted by atomic mass is 13.9. The topological polar surface area (TPSA) is 0 Å². The highest BCUT2D eigenvalue weighted by molar-refractivity contribution is 5.15. The molecular weight excluding hydrogens is 192 g/mol. The second-order valence-corrected chi connectivity index (χ2v) is 3.62. The van der Waals surface area contributed by atoms with E-state index in [4.69, 9.17) is 0 Å². The molecule has 0 aliphatic heterocycles. The Balaban J connectivity index is 2.12. The van der Waals surface area contributed by atoms with Crippen LogP contribution in [-0.4, -0.2) is 0 Å². The number of hydrogen-bond acceptors (Lipinski definition) is 0. The number of unbranched alkanes of at least 4 members (excludes halogenated alkanes) is 1. The van der Waals surface area contributed by atoms with Crippen molar-refractivity contribution >= 4 is 0 Å². The van der Waals surface area contributed by atoms with Gasteiger partial charge < -0.3 is 0 Å². The predicted molar refractivity (Wildman–Crippen MR) is 72.2 cm³/mol. The number of aryl methyl sites for hydroxylation is 1. The van der Waals surface area contributed by atoms with Gasteiger partial charge in [-0.3, -0.25) is 0 Å². The molecule has 83 valence electrons. The van der Waals surface area contributed by atoms with E-state index in [9.17, 15) is 0 Å². The minimum Gasteiger partial charge on any atom is -0.0845 e. The maximum Gasteiger partial charge on any atom is -0.0276 e. The van der Waals surface area contributed by atoms with Gasteiger partial charge in [0, 0.05) is 0 Å². The van der Waals surface area contributed by atoms with E-state index < -0.39 is 0 Å². The Hall–Kier alpha value is -1.56. The van der Waals surface area contributed by atoms with Crippen LogP contribution in [0.2, 0.25) is 0 Å². The van der Waals surface area contributed by atoms with Gasteiger partial charge in [-0.2, -0.15) is 0 Å². The molecule has 0 saturated heterocycles. The van der Waals surface area contributed by atoms with Crippen LogP contribution in [-0.2, 0) is 6.42 Å². The molecule has 1 rings (SSSR count). The van der Waals surface area contributed by atoms with E-state index in [0.29, 0.717) is 0 Å². The van der Waals surface area contributed by atoms with Crippen molar-refractivity contribution in [1.82, 2.24) is 0 Å². The Morgan fingerprint density at radius 1 is 0.938 bits per heavy atom. The van der Waals surface area contributed by atoms with Gasteiger partial charge in [-0.15, -0.1) is 0 Å². The van der Waals surface area contributed by atoms with Crippen molar-refractivity contribution in [3.05, 3.63) is 79.3 Å². The lowest BCUT2D eigenvalue weighted by atomic mass is 10.1. The summed E-state index contributed by atoms with van der Waals surface area (Å²) in [6.07, 6.45) is 15.5. The summed E-state index contributed by atoms with van der Waals surface area (Å²) in [5, 5.41) is 0. The average Bonchev–Trinajstić information content (AvgIpc) is 2.34. The lowest BCUT2D eigenvalue weighted by molar-refractivity contribution is 0.843. The van der Waals surface area contributed by atoms with E-state index in [1.807, 2.05) is 18.2 Å². The van der Waals surface area contributed by atoms with Crippen molar-refractivity contribution in [2.75, 3.05) is 0 Å². The third kappa shape index (κ3) is 6.02. The molecule has 16 heavy (non-hydrogen) atoms. The van der Waals surface area contributed by atoms with E-state index >= 15 is 0 Å². The van der Waals surface area contributed by atoms with Crippen molar-refractivity contribution in [2.45, 2.75) is 19.3 Å². The van der Waals surface area contributed by atoms with E-state index in [1.54, 1.807) is 6.08 Å². The van der Waals surface area contributed by atoms with Gasteiger partial charge in [0.25, 0.3) is 0 Å². The Bertz CT molecular complexity index is 342. The van der Waals surface area contributed by atoms with Gasteiger partial charge in [0.1, 0.15) is 0 Å². The van der Waals surface area contributed by atoms with Crippen LogP contribution in [0.4, 0.5) is 0 Å². The minimum absolute atomic E-state index is 1.13. The maximum absolute atomic E-state index is 3.61. The van der Waals surface area contributed by atoms with Crippen molar-refractivity contribution in [1.29, 1.82) is 0 Å². The smallest absolute Gasteiger partial charge is 0.0276 e. The second kappa shape index (κ2) is 8.72. The fourth-order valence-electron chi connectivity index (χ4n) is 1.45. The second-order valence-electron chi connectivity index (χ2n) is 3.62. The quantitative estimate of drug-likeness (QED) is 0.479. The van der Waals surface area contributed by atoms with E-state index in [0.717, 1.165) is 12.8 Å². The number of allylic oxidation sites excluding steroid dienone is 6. The molecule has 0 nitrogen and oxygen atoms in total. The number of hydrogen-bond donors (Lipinski definition) is 0. The molecule has 0 atom stereocenters.